The average molecular weight is 262 g/mol. The van der Waals surface area contributed by atoms with E-state index in [0.29, 0.717) is 0 Å². The molecule has 0 heterocycles. The minimum Gasteiger partial charge on any atom is -0.399 e. The molecule has 0 unspecified atom stereocenters. The average Bonchev–Trinajstić information content (AvgIpc) is 2.43. The van der Waals surface area contributed by atoms with Crippen molar-refractivity contribution >= 4 is 5.69 Å². The Morgan fingerprint density at radius 2 is 1.47 bits per heavy atom. The van der Waals surface area contributed by atoms with Crippen molar-refractivity contribution in [1.82, 2.24) is 5.32 Å². The topological polar surface area (TPSA) is 38.0 Å². The van der Waals surface area contributed by atoms with Crippen LogP contribution >= 0.6 is 0 Å². The van der Waals surface area contributed by atoms with Crippen molar-refractivity contribution in [3.8, 4) is 0 Å². The highest BCUT2D eigenvalue weighted by atomic mass is 14.8. The second kappa shape index (κ2) is 10.9. The van der Waals surface area contributed by atoms with Crippen LogP contribution < -0.4 is 11.1 Å². The van der Waals surface area contributed by atoms with Crippen LogP contribution in [-0.2, 0) is 6.42 Å². The first-order valence-corrected chi connectivity index (χ1v) is 7.88. The molecule has 0 amide bonds. The van der Waals surface area contributed by atoms with Crippen molar-refractivity contribution in [2.45, 2.75) is 58.3 Å². The van der Waals surface area contributed by atoms with Crippen molar-refractivity contribution in [2.24, 2.45) is 0 Å². The van der Waals surface area contributed by atoms with E-state index in [-0.39, 0.29) is 0 Å². The second-order valence-electron chi connectivity index (χ2n) is 5.36. The van der Waals surface area contributed by atoms with E-state index in [4.69, 9.17) is 5.73 Å². The third-order valence-electron chi connectivity index (χ3n) is 3.51. The quantitative estimate of drug-likeness (QED) is 0.464. The maximum atomic E-state index is 5.67. The smallest absolute Gasteiger partial charge is 0.0314 e. The first kappa shape index (κ1) is 16.0. The Hall–Kier alpha value is -1.02. The van der Waals surface area contributed by atoms with Gasteiger partial charge in [-0.1, -0.05) is 51.2 Å². The summed E-state index contributed by atoms with van der Waals surface area (Å²) in [5, 5.41) is 3.53. The summed E-state index contributed by atoms with van der Waals surface area (Å²) in [6, 6.07) is 8.23. The zero-order valence-corrected chi connectivity index (χ0v) is 12.5. The van der Waals surface area contributed by atoms with E-state index in [1.807, 2.05) is 12.1 Å². The largest absolute Gasteiger partial charge is 0.399 e. The Bertz CT molecular complexity index is 306. The van der Waals surface area contributed by atoms with E-state index in [0.717, 1.165) is 18.7 Å². The van der Waals surface area contributed by atoms with E-state index in [1.165, 1.54) is 57.1 Å². The molecule has 0 atom stereocenters. The number of anilines is 1. The molecule has 0 spiro atoms. The Morgan fingerprint density at radius 3 is 2.21 bits per heavy atom. The molecule has 1 rings (SSSR count). The third kappa shape index (κ3) is 8.66. The second-order valence-corrected chi connectivity index (χ2v) is 5.36. The molecule has 0 aliphatic rings. The van der Waals surface area contributed by atoms with Gasteiger partial charge in [0.1, 0.15) is 0 Å². The molecule has 0 saturated heterocycles. The van der Waals surface area contributed by atoms with Gasteiger partial charge in [0.05, 0.1) is 0 Å². The molecule has 3 N–H and O–H groups in total. The molecular formula is C17H30N2. The lowest BCUT2D eigenvalue weighted by molar-refractivity contribution is 0.565. The van der Waals surface area contributed by atoms with Gasteiger partial charge < -0.3 is 11.1 Å². The molecule has 0 aliphatic carbocycles. The highest BCUT2D eigenvalue weighted by Gasteiger charge is 1.94. The minimum absolute atomic E-state index is 0.852. The van der Waals surface area contributed by atoms with Gasteiger partial charge in [-0.3, -0.25) is 0 Å². The van der Waals surface area contributed by atoms with Gasteiger partial charge in [0.25, 0.3) is 0 Å². The fourth-order valence-electron chi connectivity index (χ4n) is 2.26. The Morgan fingerprint density at radius 1 is 0.842 bits per heavy atom. The summed E-state index contributed by atoms with van der Waals surface area (Å²) in [4.78, 5) is 0. The molecule has 108 valence electrons. The summed E-state index contributed by atoms with van der Waals surface area (Å²) in [6.45, 7) is 4.57. The van der Waals surface area contributed by atoms with Gasteiger partial charge >= 0.3 is 0 Å². The van der Waals surface area contributed by atoms with Gasteiger partial charge in [0.2, 0.25) is 0 Å². The lowest BCUT2D eigenvalue weighted by atomic mass is 10.1. The zero-order chi connectivity index (χ0) is 13.8. The molecule has 0 aromatic heterocycles. The summed E-state index contributed by atoms with van der Waals surface area (Å²) in [6.07, 6.45) is 10.6. The molecule has 1 aromatic carbocycles. The van der Waals surface area contributed by atoms with Crippen LogP contribution in [-0.4, -0.2) is 13.1 Å². The van der Waals surface area contributed by atoms with Crippen molar-refractivity contribution in [3.05, 3.63) is 29.8 Å². The van der Waals surface area contributed by atoms with Crippen LogP contribution in [0.1, 0.15) is 57.4 Å². The number of aryl methyl sites for hydroxylation is 1. The summed E-state index contributed by atoms with van der Waals surface area (Å²) >= 11 is 0. The lowest BCUT2D eigenvalue weighted by Gasteiger charge is -2.05. The Labute approximate surface area is 118 Å². The number of rotatable bonds is 11. The minimum atomic E-state index is 0.852. The summed E-state index contributed by atoms with van der Waals surface area (Å²) in [5.41, 5.74) is 7.90. The predicted molar refractivity (Wildman–Crippen MR) is 85.4 cm³/mol. The molecule has 19 heavy (non-hydrogen) atoms. The molecule has 2 heteroatoms. The molecule has 0 aliphatic heterocycles. The Balaban J connectivity index is 1.87. The third-order valence-corrected chi connectivity index (χ3v) is 3.51. The van der Waals surface area contributed by atoms with Crippen LogP contribution in [0, 0.1) is 0 Å². The van der Waals surface area contributed by atoms with Crippen molar-refractivity contribution in [1.29, 1.82) is 0 Å². The molecular weight excluding hydrogens is 232 g/mol. The van der Waals surface area contributed by atoms with E-state index in [9.17, 15) is 0 Å². The molecule has 0 radical (unpaired) electrons. The summed E-state index contributed by atoms with van der Waals surface area (Å²) < 4.78 is 0. The van der Waals surface area contributed by atoms with Crippen LogP contribution in [0.3, 0.4) is 0 Å². The van der Waals surface area contributed by atoms with Gasteiger partial charge in [-0.05, 0) is 50.0 Å². The van der Waals surface area contributed by atoms with Gasteiger partial charge in [0.15, 0.2) is 0 Å². The molecule has 0 bridgehead atoms. The van der Waals surface area contributed by atoms with Crippen LogP contribution in [0.4, 0.5) is 5.69 Å². The van der Waals surface area contributed by atoms with Crippen LogP contribution in [0.25, 0.3) is 0 Å². The van der Waals surface area contributed by atoms with Gasteiger partial charge in [-0.15, -0.1) is 0 Å². The van der Waals surface area contributed by atoms with E-state index in [2.05, 4.69) is 24.4 Å². The number of hydrogen-bond acceptors (Lipinski definition) is 2. The number of benzene rings is 1. The van der Waals surface area contributed by atoms with Crippen molar-refractivity contribution in [2.75, 3.05) is 18.8 Å². The van der Waals surface area contributed by atoms with Gasteiger partial charge in [0, 0.05) is 5.69 Å². The Kier molecular flexibility index (Phi) is 9.17. The fraction of sp³-hybridized carbons (Fsp3) is 0.647. The number of nitrogens with one attached hydrogen (secondary N) is 1. The van der Waals surface area contributed by atoms with E-state index in [1.54, 1.807) is 0 Å². The van der Waals surface area contributed by atoms with E-state index >= 15 is 0 Å². The number of nitrogens with two attached hydrogens (primary N) is 1. The maximum Gasteiger partial charge on any atom is 0.0314 e. The van der Waals surface area contributed by atoms with Gasteiger partial charge in [-0.2, -0.15) is 0 Å². The van der Waals surface area contributed by atoms with E-state index < -0.39 is 0 Å². The number of unbranched alkanes of at least 4 members (excludes halogenated alkanes) is 5. The SMILES string of the molecule is CCCCCCCCNCCCc1ccc(N)cc1. The first-order chi connectivity index (χ1) is 9.33. The number of nitrogen functional groups attached to an aromatic ring is 1. The van der Waals surface area contributed by atoms with Crippen molar-refractivity contribution in [3.63, 3.8) is 0 Å². The highest BCUT2D eigenvalue weighted by molar-refractivity contribution is 5.39. The maximum absolute atomic E-state index is 5.67. The molecule has 1 aromatic rings. The lowest BCUT2D eigenvalue weighted by Crippen LogP contribution is -2.17. The fourth-order valence-corrected chi connectivity index (χ4v) is 2.26. The van der Waals surface area contributed by atoms with Crippen LogP contribution in [0.5, 0.6) is 0 Å². The summed E-state index contributed by atoms with van der Waals surface area (Å²) in [5.74, 6) is 0. The normalized spacial score (nSPS) is 10.8. The number of hydrogen-bond donors (Lipinski definition) is 2. The zero-order valence-electron chi connectivity index (χ0n) is 12.5. The van der Waals surface area contributed by atoms with Crippen LogP contribution in [0.2, 0.25) is 0 Å². The monoisotopic (exact) mass is 262 g/mol. The molecule has 2 nitrogen and oxygen atoms in total. The highest BCUT2D eigenvalue weighted by Crippen LogP contribution is 2.07. The summed E-state index contributed by atoms with van der Waals surface area (Å²) in [7, 11) is 0. The molecule has 0 saturated carbocycles. The standard InChI is InChI=1S/C17H30N2/c1-2-3-4-5-6-7-14-19-15-8-9-16-10-12-17(18)13-11-16/h10-13,19H,2-9,14-15,18H2,1H3. The van der Waals surface area contributed by atoms with Gasteiger partial charge in [-0.25, -0.2) is 0 Å². The molecule has 0 fully saturated rings. The van der Waals surface area contributed by atoms with Crippen LogP contribution in [0.15, 0.2) is 24.3 Å². The first-order valence-electron chi connectivity index (χ1n) is 7.88. The predicted octanol–water partition coefficient (Wildman–Crippen LogP) is 4.15. The van der Waals surface area contributed by atoms with Crippen molar-refractivity contribution < 1.29 is 0 Å².